The predicted octanol–water partition coefficient (Wildman–Crippen LogP) is 1.91. The molecule has 0 aliphatic rings. The maximum atomic E-state index is 11.7. The first-order valence-corrected chi connectivity index (χ1v) is 2.30. The van der Waals surface area contributed by atoms with Crippen molar-refractivity contribution in [2.45, 2.75) is 19.0 Å². The largest absolute Gasteiger partial charge is 0.248 e. The van der Waals surface area contributed by atoms with Crippen molar-refractivity contribution in [1.29, 1.82) is 0 Å². The van der Waals surface area contributed by atoms with Crippen LogP contribution in [0.15, 0.2) is 0 Å². The summed E-state index contributed by atoms with van der Waals surface area (Å²) in [5.74, 6) is 0. The van der Waals surface area contributed by atoms with Gasteiger partial charge in [-0.1, -0.05) is 13.3 Å². The van der Waals surface area contributed by atoms with Crippen molar-refractivity contribution in [3.05, 3.63) is 6.92 Å². The van der Waals surface area contributed by atoms with Crippen LogP contribution in [0.3, 0.4) is 0 Å². The molecule has 43 valence electrons. The molecule has 0 aromatic heterocycles. The molecule has 0 bridgehead atoms. The van der Waals surface area contributed by atoms with Crippen molar-refractivity contribution >= 4 is 0 Å². The van der Waals surface area contributed by atoms with Crippen LogP contribution in [0.5, 0.6) is 0 Å². The van der Waals surface area contributed by atoms with E-state index in [1.165, 1.54) is 0 Å². The van der Waals surface area contributed by atoms with E-state index in [4.69, 9.17) is 0 Å². The Bertz CT molecular complexity index is 37.1. The van der Waals surface area contributed by atoms with E-state index < -0.39 is 12.8 Å². The molecular formula is C5H9F2. The lowest BCUT2D eigenvalue weighted by Crippen LogP contribution is -1.99. The van der Waals surface area contributed by atoms with Crippen molar-refractivity contribution in [3.8, 4) is 0 Å². The Balaban J connectivity index is 2.83. The normalized spacial score (nSPS) is 14.1. The molecular weight excluding hydrogens is 98.1 g/mol. The first-order valence-electron chi connectivity index (χ1n) is 2.30. The van der Waals surface area contributed by atoms with Gasteiger partial charge >= 0.3 is 0 Å². The minimum Gasteiger partial charge on any atom is -0.248 e. The second-order valence-corrected chi connectivity index (χ2v) is 1.39. The maximum Gasteiger partial charge on any atom is 0.128 e. The molecule has 0 heterocycles. The van der Waals surface area contributed by atoms with Gasteiger partial charge in [-0.05, 0) is 6.42 Å². The summed E-state index contributed by atoms with van der Waals surface area (Å²) in [4.78, 5) is 0. The number of rotatable bonds is 3. The molecule has 0 amide bonds. The summed E-state index contributed by atoms with van der Waals surface area (Å²) >= 11 is 0. The summed E-state index contributed by atoms with van der Waals surface area (Å²) in [6.45, 7) is 2.50. The van der Waals surface area contributed by atoms with Gasteiger partial charge in [0.25, 0.3) is 0 Å². The number of hydrogen-bond donors (Lipinski definition) is 0. The second-order valence-electron chi connectivity index (χ2n) is 1.39. The van der Waals surface area contributed by atoms with E-state index in [0.717, 1.165) is 0 Å². The highest BCUT2D eigenvalue weighted by Gasteiger charge is 2.00. The zero-order valence-corrected chi connectivity index (χ0v) is 4.16. The minimum atomic E-state index is -1.28. The fraction of sp³-hybridized carbons (Fsp3) is 0.800. The molecule has 0 fully saturated rings. The molecule has 0 saturated heterocycles. The number of alkyl halides is 2. The molecule has 0 nitrogen and oxygen atoms in total. The van der Waals surface area contributed by atoms with Crippen LogP contribution in [0.1, 0.15) is 12.8 Å². The van der Waals surface area contributed by atoms with Gasteiger partial charge in [-0.15, -0.1) is 0 Å². The lowest BCUT2D eigenvalue weighted by Gasteiger charge is -1.95. The molecule has 0 aromatic rings. The predicted molar refractivity (Wildman–Crippen MR) is 25.5 cm³/mol. The van der Waals surface area contributed by atoms with Crippen LogP contribution >= 0.6 is 0 Å². The Morgan fingerprint density at radius 3 is 2.29 bits per heavy atom. The first kappa shape index (κ1) is 6.86. The van der Waals surface area contributed by atoms with E-state index in [9.17, 15) is 8.78 Å². The van der Waals surface area contributed by atoms with Gasteiger partial charge in [0.1, 0.15) is 12.8 Å². The SMILES string of the molecule is [CH2]CC[C@H](F)CF. The second kappa shape index (κ2) is 4.03. The Morgan fingerprint density at radius 2 is 2.14 bits per heavy atom. The maximum absolute atomic E-state index is 11.7. The van der Waals surface area contributed by atoms with Crippen LogP contribution < -0.4 is 0 Å². The van der Waals surface area contributed by atoms with Gasteiger partial charge in [0.05, 0.1) is 0 Å². The Labute approximate surface area is 42.5 Å². The van der Waals surface area contributed by atoms with E-state index >= 15 is 0 Å². The molecule has 7 heavy (non-hydrogen) atoms. The standard InChI is InChI=1S/C5H9F2/c1-2-3-5(7)4-6/h5H,1-4H2/t5-/m0/s1. The first-order chi connectivity index (χ1) is 3.31. The molecule has 0 aliphatic carbocycles. The van der Waals surface area contributed by atoms with Gasteiger partial charge in [0.15, 0.2) is 0 Å². The Morgan fingerprint density at radius 1 is 1.57 bits per heavy atom. The van der Waals surface area contributed by atoms with Crippen molar-refractivity contribution in [3.63, 3.8) is 0 Å². The fourth-order valence-corrected chi connectivity index (χ4v) is 0.299. The van der Waals surface area contributed by atoms with Gasteiger partial charge in [-0.3, -0.25) is 0 Å². The molecule has 0 saturated carbocycles. The summed E-state index contributed by atoms with van der Waals surface area (Å²) in [5, 5.41) is 0. The molecule has 0 aliphatic heterocycles. The monoisotopic (exact) mass is 107 g/mol. The molecule has 0 unspecified atom stereocenters. The quantitative estimate of drug-likeness (QED) is 0.516. The van der Waals surface area contributed by atoms with Gasteiger partial charge in [-0.25, -0.2) is 8.78 Å². The molecule has 0 aromatic carbocycles. The van der Waals surface area contributed by atoms with Crippen molar-refractivity contribution in [1.82, 2.24) is 0 Å². The molecule has 0 spiro atoms. The van der Waals surface area contributed by atoms with Crippen LogP contribution in [0.2, 0.25) is 0 Å². The third-order valence-electron chi connectivity index (χ3n) is 0.685. The van der Waals surface area contributed by atoms with E-state index in [1.54, 1.807) is 0 Å². The smallest absolute Gasteiger partial charge is 0.128 e. The summed E-state index contributed by atoms with van der Waals surface area (Å²) < 4.78 is 22.9. The summed E-state index contributed by atoms with van der Waals surface area (Å²) in [6, 6.07) is 0. The van der Waals surface area contributed by atoms with Gasteiger partial charge in [0.2, 0.25) is 0 Å². The van der Waals surface area contributed by atoms with Crippen LogP contribution in [0.25, 0.3) is 0 Å². The van der Waals surface area contributed by atoms with Crippen molar-refractivity contribution < 1.29 is 8.78 Å². The third-order valence-corrected chi connectivity index (χ3v) is 0.685. The average Bonchev–Trinajstić information content (AvgIpc) is 1.68. The Kier molecular flexibility index (Phi) is 3.95. The van der Waals surface area contributed by atoms with E-state index in [1.807, 2.05) is 0 Å². The van der Waals surface area contributed by atoms with E-state index in [0.29, 0.717) is 6.42 Å². The highest BCUT2D eigenvalue weighted by Crippen LogP contribution is 1.99. The number of hydrogen-bond acceptors (Lipinski definition) is 0. The lowest BCUT2D eigenvalue weighted by molar-refractivity contribution is 0.248. The molecule has 1 atom stereocenters. The van der Waals surface area contributed by atoms with Crippen molar-refractivity contribution in [2.75, 3.05) is 6.67 Å². The summed E-state index contributed by atoms with van der Waals surface area (Å²) in [7, 11) is 0. The zero-order chi connectivity index (χ0) is 5.70. The molecule has 0 rings (SSSR count). The van der Waals surface area contributed by atoms with Gasteiger partial charge in [-0.2, -0.15) is 0 Å². The average molecular weight is 107 g/mol. The number of halogens is 2. The lowest BCUT2D eigenvalue weighted by atomic mass is 10.2. The minimum absolute atomic E-state index is 0.247. The highest BCUT2D eigenvalue weighted by molar-refractivity contribution is 4.53. The molecule has 0 N–H and O–H groups in total. The van der Waals surface area contributed by atoms with Gasteiger partial charge in [0, 0.05) is 0 Å². The zero-order valence-electron chi connectivity index (χ0n) is 4.16. The summed E-state index contributed by atoms with van der Waals surface area (Å²) in [5.41, 5.74) is 0. The third kappa shape index (κ3) is 3.70. The Hall–Kier alpha value is -0.140. The highest BCUT2D eigenvalue weighted by atomic mass is 19.2. The fourth-order valence-electron chi connectivity index (χ4n) is 0.299. The van der Waals surface area contributed by atoms with Crippen LogP contribution in [-0.4, -0.2) is 12.8 Å². The summed E-state index contributed by atoms with van der Waals surface area (Å²) in [6.07, 6.45) is -0.556. The van der Waals surface area contributed by atoms with Gasteiger partial charge < -0.3 is 0 Å². The molecule has 1 radical (unpaired) electrons. The van der Waals surface area contributed by atoms with Crippen LogP contribution in [0, 0.1) is 6.92 Å². The van der Waals surface area contributed by atoms with E-state index in [2.05, 4.69) is 6.92 Å². The molecule has 2 heteroatoms. The van der Waals surface area contributed by atoms with Crippen LogP contribution in [0.4, 0.5) is 8.78 Å². The van der Waals surface area contributed by atoms with E-state index in [-0.39, 0.29) is 6.42 Å². The van der Waals surface area contributed by atoms with Crippen LogP contribution in [-0.2, 0) is 0 Å². The topological polar surface area (TPSA) is 0 Å². The van der Waals surface area contributed by atoms with Crippen molar-refractivity contribution in [2.24, 2.45) is 0 Å².